The molecule has 88 valence electrons. The smallest absolute Gasteiger partial charge is 0.134 e. The number of terminal acetylenes is 1. The third-order valence-corrected chi connectivity index (χ3v) is 2.08. The summed E-state index contributed by atoms with van der Waals surface area (Å²) in [4.78, 5) is 9.51. The first kappa shape index (κ1) is 12.8. The summed E-state index contributed by atoms with van der Waals surface area (Å²) in [5, 5.41) is 7.75. The van der Waals surface area contributed by atoms with Crippen LogP contribution < -0.4 is 0 Å². The van der Waals surface area contributed by atoms with Crippen LogP contribution in [0, 0.1) is 12.3 Å². The summed E-state index contributed by atoms with van der Waals surface area (Å²) in [6, 6.07) is 7.39. The maximum Gasteiger partial charge on any atom is 0.134 e. The Hall–Kier alpha value is -2.28. The van der Waals surface area contributed by atoms with Crippen molar-refractivity contribution in [3.05, 3.63) is 35.4 Å². The highest BCUT2D eigenvalue weighted by Crippen LogP contribution is 2.07. The molecule has 0 spiro atoms. The third-order valence-electron chi connectivity index (χ3n) is 2.08. The molecule has 0 radical (unpaired) electrons. The van der Waals surface area contributed by atoms with Gasteiger partial charge in [0.25, 0.3) is 0 Å². The molecule has 0 aliphatic rings. The zero-order chi connectivity index (χ0) is 12.7. The van der Waals surface area contributed by atoms with Crippen molar-refractivity contribution in [1.29, 1.82) is 0 Å². The lowest BCUT2D eigenvalue weighted by molar-refractivity contribution is 0.210. The van der Waals surface area contributed by atoms with Crippen molar-refractivity contribution in [1.82, 2.24) is 0 Å². The number of hydrogen-bond donors (Lipinski definition) is 0. The summed E-state index contributed by atoms with van der Waals surface area (Å²) in [6.07, 6.45) is 5.29. The summed E-state index contributed by atoms with van der Waals surface area (Å²) >= 11 is 0. The number of rotatable bonds is 4. The molecule has 0 bridgehead atoms. The van der Waals surface area contributed by atoms with Gasteiger partial charge in [-0.05, 0) is 19.1 Å². The predicted molar refractivity (Wildman–Crippen MR) is 68.0 cm³/mol. The Balaban J connectivity index is 3.11. The Morgan fingerprint density at radius 2 is 1.71 bits per heavy atom. The number of nitrogens with zero attached hydrogens (tertiary/aromatic N) is 2. The highest BCUT2D eigenvalue weighted by molar-refractivity contribution is 6.47. The fraction of sp³-hybridized carbons (Fsp3) is 0.231. The van der Waals surface area contributed by atoms with Crippen LogP contribution in [0.1, 0.15) is 18.1 Å². The summed E-state index contributed by atoms with van der Waals surface area (Å²) in [7, 11) is 2.96. The minimum Gasteiger partial charge on any atom is -0.399 e. The molecule has 4 heteroatoms. The van der Waals surface area contributed by atoms with Gasteiger partial charge in [0.05, 0.1) is 0 Å². The highest BCUT2D eigenvalue weighted by Gasteiger charge is 2.09. The van der Waals surface area contributed by atoms with Gasteiger partial charge in [-0.25, -0.2) is 0 Å². The van der Waals surface area contributed by atoms with Crippen molar-refractivity contribution in [3.8, 4) is 12.3 Å². The number of benzene rings is 1. The third kappa shape index (κ3) is 3.35. The molecule has 1 aromatic rings. The van der Waals surface area contributed by atoms with Crippen LogP contribution in [-0.2, 0) is 9.68 Å². The molecule has 0 fully saturated rings. The molecule has 0 unspecified atom stereocenters. The zero-order valence-corrected chi connectivity index (χ0v) is 10.1. The topological polar surface area (TPSA) is 43.2 Å². The molecular weight excluding hydrogens is 216 g/mol. The van der Waals surface area contributed by atoms with Gasteiger partial charge in [0, 0.05) is 11.1 Å². The zero-order valence-electron chi connectivity index (χ0n) is 10.1. The minimum atomic E-state index is 0.609. The summed E-state index contributed by atoms with van der Waals surface area (Å²) in [5.74, 6) is 2.55. The lowest BCUT2D eigenvalue weighted by atomic mass is 10.1. The average Bonchev–Trinajstić information content (AvgIpc) is 2.36. The molecule has 0 N–H and O–H groups in total. The van der Waals surface area contributed by atoms with E-state index in [0.717, 1.165) is 11.1 Å². The van der Waals surface area contributed by atoms with E-state index in [1.54, 1.807) is 6.92 Å². The summed E-state index contributed by atoms with van der Waals surface area (Å²) < 4.78 is 0. The van der Waals surface area contributed by atoms with Crippen molar-refractivity contribution >= 4 is 11.4 Å². The van der Waals surface area contributed by atoms with Crippen molar-refractivity contribution in [2.45, 2.75) is 6.92 Å². The summed E-state index contributed by atoms with van der Waals surface area (Å²) in [5.41, 5.74) is 2.91. The van der Waals surface area contributed by atoms with Crippen LogP contribution in [-0.4, -0.2) is 25.6 Å². The molecule has 1 rings (SSSR count). The van der Waals surface area contributed by atoms with E-state index in [1.807, 2.05) is 24.3 Å². The van der Waals surface area contributed by atoms with Gasteiger partial charge in [0.2, 0.25) is 0 Å². The van der Waals surface area contributed by atoms with Crippen molar-refractivity contribution in [2.24, 2.45) is 10.3 Å². The van der Waals surface area contributed by atoms with Gasteiger partial charge in [-0.2, -0.15) is 0 Å². The first-order chi connectivity index (χ1) is 8.22. The normalized spacial score (nSPS) is 11.9. The van der Waals surface area contributed by atoms with Crippen LogP contribution in [0.15, 0.2) is 34.6 Å². The van der Waals surface area contributed by atoms with Crippen molar-refractivity contribution < 1.29 is 9.68 Å². The highest BCUT2D eigenvalue weighted by atomic mass is 16.6. The van der Waals surface area contributed by atoms with Crippen LogP contribution in [0.5, 0.6) is 0 Å². The molecular formula is C13H14N2O2. The largest absolute Gasteiger partial charge is 0.399 e. The Bertz CT molecular complexity index is 467. The quantitative estimate of drug-likeness (QED) is 0.451. The predicted octanol–water partition coefficient (Wildman–Crippen LogP) is 2.04. The molecule has 0 saturated carbocycles. The molecule has 0 amide bonds. The fourth-order valence-electron chi connectivity index (χ4n) is 1.32. The van der Waals surface area contributed by atoms with E-state index in [4.69, 9.17) is 16.1 Å². The van der Waals surface area contributed by atoms with E-state index in [2.05, 4.69) is 16.2 Å². The number of oxime groups is 2. The van der Waals surface area contributed by atoms with Crippen molar-refractivity contribution in [2.75, 3.05) is 14.2 Å². The SMILES string of the molecule is C#Cc1ccc(C(=NOC)C(C)=NOC)cc1. The van der Waals surface area contributed by atoms with E-state index >= 15 is 0 Å². The molecule has 0 heterocycles. The maximum atomic E-state index is 5.29. The van der Waals surface area contributed by atoms with Gasteiger partial charge >= 0.3 is 0 Å². The lowest BCUT2D eigenvalue weighted by Gasteiger charge is -2.05. The van der Waals surface area contributed by atoms with Gasteiger partial charge in [0.1, 0.15) is 25.6 Å². The van der Waals surface area contributed by atoms with Gasteiger partial charge in [-0.3, -0.25) is 0 Å². The Kier molecular flexibility index (Phi) is 4.77. The second-order valence-corrected chi connectivity index (χ2v) is 3.20. The van der Waals surface area contributed by atoms with Gasteiger partial charge in [-0.1, -0.05) is 28.4 Å². The van der Waals surface area contributed by atoms with Crippen LogP contribution in [0.2, 0.25) is 0 Å². The van der Waals surface area contributed by atoms with E-state index in [1.165, 1.54) is 14.2 Å². The molecule has 1 aromatic carbocycles. The van der Waals surface area contributed by atoms with Gasteiger partial charge in [0.15, 0.2) is 0 Å². The van der Waals surface area contributed by atoms with E-state index in [-0.39, 0.29) is 0 Å². The molecule has 0 aliphatic carbocycles. The van der Waals surface area contributed by atoms with Crippen molar-refractivity contribution in [3.63, 3.8) is 0 Å². The fourth-order valence-corrected chi connectivity index (χ4v) is 1.32. The van der Waals surface area contributed by atoms with Gasteiger partial charge < -0.3 is 9.68 Å². The van der Waals surface area contributed by atoms with E-state index in [0.29, 0.717) is 11.4 Å². The number of hydrogen-bond acceptors (Lipinski definition) is 4. The minimum absolute atomic E-state index is 0.609. The summed E-state index contributed by atoms with van der Waals surface area (Å²) in [6.45, 7) is 1.79. The second-order valence-electron chi connectivity index (χ2n) is 3.20. The standard InChI is InChI=1S/C13H14N2O2/c1-5-11-6-8-12(9-7-11)13(15-17-4)10(2)14-16-3/h1,6-9H,2-4H3. The first-order valence-electron chi connectivity index (χ1n) is 4.99. The molecule has 0 atom stereocenters. The van der Waals surface area contributed by atoms with Crippen LogP contribution in [0.3, 0.4) is 0 Å². The molecule has 17 heavy (non-hydrogen) atoms. The monoisotopic (exact) mass is 230 g/mol. The maximum absolute atomic E-state index is 5.29. The average molecular weight is 230 g/mol. The Morgan fingerprint density at radius 1 is 1.12 bits per heavy atom. The Morgan fingerprint density at radius 3 is 2.18 bits per heavy atom. The van der Waals surface area contributed by atoms with E-state index < -0.39 is 0 Å². The Labute approximate surface area is 101 Å². The first-order valence-corrected chi connectivity index (χ1v) is 4.99. The molecule has 0 aromatic heterocycles. The lowest BCUT2D eigenvalue weighted by Crippen LogP contribution is -2.13. The molecule has 0 saturated heterocycles. The van der Waals surface area contributed by atoms with Gasteiger partial charge in [-0.15, -0.1) is 6.42 Å². The van der Waals surface area contributed by atoms with Crippen LogP contribution >= 0.6 is 0 Å². The van der Waals surface area contributed by atoms with Crippen LogP contribution in [0.25, 0.3) is 0 Å². The molecule has 0 aliphatic heterocycles. The second kappa shape index (κ2) is 6.33. The van der Waals surface area contributed by atoms with E-state index in [9.17, 15) is 0 Å². The van der Waals surface area contributed by atoms with Crippen LogP contribution in [0.4, 0.5) is 0 Å². The molecule has 4 nitrogen and oxygen atoms in total.